The van der Waals surface area contributed by atoms with Crippen molar-refractivity contribution in [2.45, 2.75) is 44.7 Å². The van der Waals surface area contributed by atoms with Crippen molar-refractivity contribution in [1.29, 1.82) is 0 Å². The first-order chi connectivity index (χ1) is 17.2. The van der Waals surface area contributed by atoms with Crippen molar-refractivity contribution in [1.82, 2.24) is 20.4 Å². The Bertz CT molecular complexity index is 1070. The van der Waals surface area contributed by atoms with Crippen LogP contribution in [-0.2, 0) is 6.18 Å². The predicted molar refractivity (Wildman–Crippen MR) is 125 cm³/mol. The fourth-order valence-electron chi connectivity index (χ4n) is 4.54. The summed E-state index contributed by atoms with van der Waals surface area (Å²) in [6.45, 7) is 1.76. The van der Waals surface area contributed by atoms with Crippen molar-refractivity contribution in [3.05, 3.63) is 53.0 Å². The van der Waals surface area contributed by atoms with Crippen LogP contribution >= 0.6 is 0 Å². The first-order valence-corrected chi connectivity index (χ1v) is 12.3. The van der Waals surface area contributed by atoms with Gasteiger partial charge < -0.3 is 15.1 Å². The maximum Gasteiger partial charge on any atom is 0.417 e. The van der Waals surface area contributed by atoms with Crippen LogP contribution in [0.5, 0.6) is 0 Å². The third-order valence-electron chi connectivity index (χ3n) is 6.81. The molecule has 2 aromatic rings. The van der Waals surface area contributed by atoms with Crippen LogP contribution in [0.1, 0.15) is 64.9 Å². The Kier molecular flexibility index (Phi) is 8.05. The molecule has 0 spiro atoms. The monoisotopic (exact) mass is 507 g/mol. The number of carbonyl (C=O) groups is 2. The second kappa shape index (κ2) is 11.2. The van der Waals surface area contributed by atoms with E-state index in [0.29, 0.717) is 50.1 Å². The number of benzene rings is 1. The average molecular weight is 508 g/mol. The Morgan fingerprint density at radius 3 is 2.47 bits per heavy atom. The minimum Gasteiger partial charge on any atom is -0.353 e. The first-order valence-electron chi connectivity index (χ1n) is 12.3. The number of anilines is 1. The molecule has 7 nitrogen and oxygen atoms in total. The van der Waals surface area contributed by atoms with Gasteiger partial charge in [-0.05, 0) is 55.5 Å². The number of halogens is 4. The molecule has 2 aliphatic rings. The van der Waals surface area contributed by atoms with Crippen LogP contribution in [0.3, 0.4) is 0 Å². The summed E-state index contributed by atoms with van der Waals surface area (Å²) >= 11 is 0. The Balaban J connectivity index is 1.33. The molecule has 1 aliphatic carbocycles. The van der Waals surface area contributed by atoms with E-state index >= 15 is 0 Å². The van der Waals surface area contributed by atoms with Gasteiger partial charge >= 0.3 is 6.18 Å². The van der Waals surface area contributed by atoms with Gasteiger partial charge in [0.25, 0.3) is 11.8 Å². The van der Waals surface area contributed by atoms with Gasteiger partial charge in [-0.25, -0.2) is 4.39 Å². The number of nitrogens with zero attached hydrogens (tertiary/aromatic N) is 4. The van der Waals surface area contributed by atoms with E-state index in [9.17, 15) is 27.2 Å². The topological polar surface area (TPSA) is 78.4 Å². The molecule has 0 atom stereocenters. The van der Waals surface area contributed by atoms with E-state index in [1.807, 2.05) is 4.90 Å². The molecule has 2 fully saturated rings. The van der Waals surface area contributed by atoms with Gasteiger partial charge in [0, 0.05) is 32.7 Å². The second-order valence-corrected chi connectivity index (χ2v) is 9.29. The summed E-state index contributed by atoms with van der Waals surface area (Å²) < 4.78 is 53.7. The Morgan fingerprint density at radius 1 is 1.00 bits per heavy atom. The lowest BCUT2D eigenvalue weighted by Gasteiger charge is -2.25. The first kappa shape index (κ1) is 25.8. The molecule has 1 saturated carbocycles. The normalized spacial score (nSPS) is 16.9. The molecule has 11 heteroatoms. The number of alkyl halides is 3. The van der Waals surface area contributed by atoms with Crippen LogP contribution in [0.4, 0.5) is 23.4 Å². The van der Waals surface area contributed by atoms with Crippen molar-refractivity contribution >= 4 is 17.6 Å². The van der Waals surface area contributed by atoms with Crippen LogP contribution in [-0.4, -0.2) is 59.6 Å². The van der Waals surface area contributed by atoms with E-state index in [2.05, 4.69) is 15.5 Å². The summed E-state index contributed by atoms with van der Waals surface area (Å²) in [7, 11) is 0. The van der Waals surface area contributed by atoms with E-state index in [0.717, 1.165) is 18.8 Å². The lowest BCUT2D eigenvalue weighted by molar-refractivity contribution is -0.138. The van der Waals surface area contributed by atoms with Gasteiger partial charge in [-0.3, -0.25) is 9.59 Å². The molecular formula is C25H29F4N5O2. The summed E-state index contributed by atoms with van der Waals surface area (Å²) in [5, 5.41) is 11.0. The van der Waals surface area contributed by atoms with Crippen LogP contribution in [0.15, 0.2) is 30.3 Å². The SMILES string of the molecule is O=C(NCCCC1CCC1)c1ccc(N2CCCN(C(=O)c3cc(F)ccc3C(F)(F)F)CC2)nn1. The maximum atomic E-state index is 13.7. The zero-order valence-electron chi connectivity index (χ0n) is 19.9. The molecule has 1 N–H and O–H groups in total. The fraction of sp³-hybridized carbons (Fsp3) is 0.520. The third-order valence-corrected chi connectivity index (χ3v) is 6.81. The number of carbonyl (C=O) groups excluding carboxylic acids is 2. The fourth-order valence-corrected chi connectivity index (χ4v) is 4.54. The largest absolute Gasteiger partial charge is 0.417 e. The highest BCUT2D eigenvalue weighted by Crippen LogP contribution is 2.33. The molecule has 2 heterocycles. The quantitative estimate of drug-likeness (QED) is 0.447. The molecule has 0 bridgehead atoms. The highest BCUT2D eigenvalue weighted by atomic mass is 19.4. The lowest BCUT2D eigenvalue weighted by Crippen LogP contribution is -2.36. The Morgan fingerprint density at radius 2 is 1.81 bits per heavy atom. The zero-order valence-corrected chi connectivity index (χ0v) is 19.9. The van der Waals surface area contributed by atoms with Gasteiger partial charge in [0.15, 0.2) is 11.5 Å². The van der Waals surface area contributed by atoms with Gasteiger partial charge in [-0.15, -0.1) is 10.2 Å². The van der Waals surface area contributed by atoms with E-state index < -0.39 is 29.0 Å². The van der Waals surface area contributed by atoms with Gasteiger partial charge in [-0.1, -0.05) is 19.3 Å². The molecule has 4 rings (SSSR count). The van der Waals surface area contributed by atoms with Gasteiger partial charge in [0.2, 0.25) is 0 Å². The molecule has 194 valence electrons. The summed E-state index contributed by atoms with van der Waals surface area (Å²) in [5.74, 6) is -0.751. The average Bonchev–Trinajstić information content (AvgIpc) is 3.08. The summed E-state index contributed by atoms with van der Waals surface area (Å²) in [6, 6.07) is 5.17. The molecule has 2 amide bonds. The highest BCUT2D eigenvalue weighted by molar-refractivity contribution is 5.96. The highest BCUT2D eigenvalue weighted by Gasteiger charge is 2.36. The third kappa shape index (κ3) is 6.30. The predicted octanol–water partition coefficient (Wildman–Crippen LogP) is 4.30. The van der Waals surface area contributed by atoms with Crippen molar-refractivity contribution in [2.24, 2.45) is 5.92 Å². The Hall–Kier alpha value is -3.24. The molecule has 1 aromatic carbocycles. The number of nitrogens with one attached hydrogen (secondary N) is 1. The summed E-state index contributed by atoms with van der Waals surface area (Å²) in [6.07, 6.45) is 1.63. The second-order valence-electron chi connectivity index (χ2n) is 9.29. The number of amides is 2. The summed E-state index contributed by atoms with van der Waals surface area (Å²) in [4.78, 5) is 28.3. The van der Waals surface area contributed by atoms with E-state index in [4.69, 9.17) is 0 Å². The van der Waals surface area contributed by atoms with Crippen molar-refractivity contribution < 1.29 is 27.2 Å². The molecule has 1 saturated heterocycles. The standard InChI is InChI=1S/C25H29F4N5O2/c26-18-7-8-20(25(27,28)29)19(16-18)24(36)34-13-3-12-33(14-15-34)22-10-9-21(31-32-22)23(35)30-11-2-6-17-4-1-5-17/h7-10,16-17H,1-6,11-15H2,(H,30,35). The van der Waals surface area contributed by atoms with Crippen LogP contribution < -0.4 is 10.2 Å². The van der Waals surface area contributed by atoms with Crippen molar-refractivity contribution in [3.8, 4) is 0 Å². The minimum absolute atomic E-state index is 0.136. The molecule has 36 heavy (non-hydrogen) atoms. The smallest absolute Gasteiger partial charge is 0.353 e. The molecule has 1 aromatic heterocycles. The van der Waals surface area contributed by atoms with Gasteiger partial charge in [0.05, 0.1) is 11.1 Å². The van der Waals surface area contributed by atoms with E-state index in [1.165, 1.54) is 24.2 Å². The Labute approximate surface area is 206 Å². The van der Waals surface area contributed by atoms with E-state index in [1.54, 1.807) is 12.1 Å². The zero-order chi connectivity index (χ0) is 25.7. The minimum atomic E-state index is -4.77. The number of aromatic nitrogens is 2. The molecule has 1 aliphatic heterocycles. The summed E-state index contributed by atoms with van der Waals surface area (Å²) in [5.41, 5.74) is -1.64. The number of rotatable bonds is 7. The van der Waals surface area contributed by atoms with Crippen LogP contribution in [0.2, 0.25) is 0 Å². The number of hydrogen-bond donors (Lipinski definition) is 1. The van der Waals surface area contributed by atoms with Gasteiger partial charge in [0.1, 0.15) is 5.82 Å². The van der Waals surface area contributed by atoms with Crippen molar-refractivity contribution in [2.75, 3.05) is 37.6 Å². The van der Waals surface area contributed by atoms with E-state index in [-0.39, 0.29) is 24.7 Å². The van der Waals surface area contributed by atoms with Crippen molar-refractivity contribution in [3.63, 3.8) is 0 Å². The molecule has 0 radical (unpaired) electrons. The van der Waals surface area contributed by atoms with Crippen LogP contribution in [0.25, 0.3) is 0 Å². The van der Waals surface area contributed by atoms with Crippen LogP contribution in [0, 0.1) is 11.7 Å². The van der Waals surface area contributed by atoms with Gasteiger partial charge in [-0.2, -0.15) is 13.2 Å². The number of hydrogen-bond acceptors (Lipinski definition) is 5. The molecular weight excluding hydrogens is 478 g/mol. The molecule has 0 unspecified atom stereocenters. The lowest BCUT2D eigenvalue weighted by atomic mass is 9.82. The maximum absolute atomic E-state index is 13.7.